The van der Waals surface area contributed by atoms with Crippen molar-refractivity contribution in [2.24, 2.45) is 5.92 Å². The summed E-state index contributed by atoms with van der Waals surface area (Å²) in [7, 11) is 0. The van der Waals surface area contributed by atoms with Gasteiger partial charge in [-0.05, 0) is 6.42 Å². The fraction of sp³-hybridized carbons (Fsp3) is 0.857. The molecular weight excluding hydrogens is 208 g/mol. The highest BCUT2D eigenvalue weighted by Gasteiger charge is 2.46. The van der Waals surface area contributed by atoms with Gasteiger partial charge in [0.25, 0.3) is 0 Å². The molecule has 3 atom stereocenters. The number of carboxylic acid groups (broad SMARTS) is 1. The van der Waals surface area contributed by atoms with Crippen LogP contribution in [0.2, 0.25) is 0 Å². The van der Waals surface area contributed by atoms with Crippen LogP contribution in [0, 0.1) is 26.1 Å². The summed E-state index contributed by atoms with van der Waals surface area (Å²) in [4.78, 5) is 30.4. The van der Waals surface area contributed by atoms with Crippen LogP contribution in [-0.2, 0) is 4.79 Å². The summed E-state index contributed by atoms with van der Waals surface area (Å²) in [6.45, 7) is 0. The maximum Gasteiger partial charge on any atom is 0.313 e. The van der Waals surface area contributed by atoms with Crippen LogP contribution in [-0.4, -0.2) is 33.0 Å². The standard InChI is InChI=1S/C7H10N2O6/c10-7(11)5-2-1-4(8(12)13)3-6(5)9(14)15/h4-6H,1-3H2,(H,10,11). The molecule has 0 heterocycles. The summed E-state index contributed by atoms with van der Waals surface area (Å²) < 4.78 is 0. The maximum absolute atomic E-state index is 10.7. The van der Waals surface area contributed by atoms with Gasteiger partial charge in [0.15, 0.2) is 0 Å². The molecule has 1 fully saturated rings. The van der Waals surface area contributed by atoms with Crippen molar-refractivity contribution in [1.29, 1.82) is 0 Å². The SMILES string of the molecule is O=C(O)C1CCC([N+](=O)[O-])CC1[N+](=O)[O-]. The molecule has 0 aliphatic heterocycles. The average molecular weight is 218 g/mol. The molecule has 1 N–H and O–H groups in total. The van der Waals surface area contributed by atoms with Gasteiger partial charge in [0.05, 0.1) is 6.42 Å². The number of nitro groups is 2. The van der Waals surface area contributed by atoms with E-state index >= 15 is 0 Å². The summed E-state index contributed by atoms with van der Waals surface area (Å²) in [6, 6.07) is -2.33. The molecule has 1 rings (SSSR count). The first-order chi connectivity index (χ1) is 6.93. The molecule has 0 aromatic carbocycles. The largest absolute Gasteiger partial charge is 0.481 e. The van der Waals surface area contributed by atoms with Crippen LogP contribution in [0.1, 0.15) is 19.3 Å². The Labute approximate surface area is 84.2 Å². The van der Waals surface area contributed by atoms with Gasteiger partial charge in [-0.25, -0.2) is 0 Å². The molecule has 84 valence electrons. The van der Waals surface area contributed by atoms with Gasteiger partial charge in [0.2, 0.25) is 12.1 Å². The van der Waals surface area contributed by atoms with Crippen LogP contribution < -0.4 is 0 Å². The Kier molecular flexibility index (Phi) is 3.17. The minimum atomic E-state index is -1.34. The van der Waals surface area contributed by atoms with Crippen LogP contribution in [0.15, 0.2) is 0 Å². The Bertz CT molecular complexity index is 304. The average Bonchev–Trinajstić information content (AvgIpc) is 2.16. The second-order valence-electron chi connectivity index (χ2n) is 3.55. The molecule has 3 unspecified atom stereocenters. The number of rotatable bonds is 3. The van der Waals surface area contributed by atoms with Crippen LogP contribution in [0.25, 0.3) is 0 Å². The lowest BCUT2D eigenvalue weighted by atomic mass is 9.82. The molecule has 0 aromatic heterocycles. The fourth-order valence-corrected chi connectivity index (χ4v) is 1.84. The molecule has 8 heteroatoms. The minimum absolute atomic E-state index is 0.00731. The number of nitrogens with zero attached hydrogens (tertiary/aromatic N) is 2. The van der Waals surface area contributed by atoms with Gasteiger partial charge in [-0.15, -0.1) is 0 Å². The molecule has 1 aliphatic carbocycles. The topological polar surface area (TPSA) is 124 Å². The van der Waals surface area contributed by atoms with Crippen LogP contribution in [0.5, 0.6) is 0 Å². The Balaban J connectivity index is 2.78. The van der Waals surface area contributed by atoms with Gasteiger partial charge in [-0.1, -0.05) is 0 Å². The van der Waals surface area contributed by atoms with Gasteiger partial charge < -0.3 is 5.11 Å². The number of hydrogen-bond acceptors (Lipinski definition) is 5. The predicted molar refractivity (Wildman–Crippen MR) is 46.5 cm³/mol. The lowest BCUT2D eigenvalue weighted by Crippen LogP contribution is -2.43. The molecule has 0 radical (unpaired) electrons. The first-order valence-electron chi connectivity index (χ1n) is 4.43. The quantitative estimate of drug-likeness (QED) is 0.531. The smallest absolute Gasteiger partial charge is 0.313 e. The minimum Gasteiger partial charge on any atom is -0.481 e. The van der Waals surface area contributed by atoms with Gasteiger partial charge in [0, 0.05) is 16.3 Å². The number of hydrogen-bond donors (Lipinski definition) is 1. The summed E-state index contributed by atoms with van der Waals surface area (Å²) in [5.41, 5.74) is 0. The molecule has 15 heavy (non-hydrogen) atoms. The lowest BCUT2D eigenvalue weighted by Gasteiger charge is -2.23. The monoisotopic (exact) mass is 218 g/mol. The summed E-state index contributed by atoms with van der Waals surface area (Å²) in [5, 5.41) is 29.7. The molecule has 1 saturated carbocycles. The van der Waals surface area contributed by atoms with Crippen LogP contribution >= 0.6 is 0 Å². The molecule has 0 amide bonds. The van der Waals surface area contributed by atoms with Crippen molar-refractivity contribution in [3.8, 4) is 0 Å². The van der Waals surface area contributed by atoms with E-state index in [-0.39, 0.29) is 19.3 Å². The lowest BCUT2D eigenvalue weighted by molar-refractivity contribution is -0.572. The summed E-state index contributed by atoms with van der Waals surface area (Å²) >= 11 is 0. The normalized spacial score (nSPS) is 30.8. The highest BCUT2D eigenvalue weighted by molar-refractivity contribution is 5.70. The third-order valence-electron chi connectivity index (χ3n) is 2.68. The molecule has 0 aromatic rings. The second-order valence-corrected chi connectivity index (χ2v) is 3.55. The third kappa shape index (κ3) is 2.39. The predicted octanol–water partition coefficient (Wildman–Crippen LogP) is 0.162. The van der Waals surface area contributed by atoms with E-state index in [1.165, 1.54) is 0 Å². The van der Waals surface area contributed by atoms with Crippen molar-refractivity contribution >= 4 is 5.97 Å². The van der Waals surface area contributed by atoms with Crippen molar-refractivity contribution in [2.45, 2.75) is 31.3 Å². The highest BCUT2D eigenvalue weighted by atomic mass is 16.6. The van der Waals surface area contributed by atoms with Crippen molar-refractivity contribution in [1.82, 2.24) is 0 Å². The highest BCUT2D eigenvalue weighted by Crippen LogP contribution is 2.28. The number of carboxylic acids is 1. The van der Waals surface area contributed by atoms with E-state index in [4.69, 9.17) is 5.11 Å². The van der Waals surface area contributed by atoms with E-state index < -0.39 is 33.8 Å². The Hall–Kier alpha value is -1.73. The second kappa shape index (κ2) is 4.20. The van der Waals surface area contributed by atoms with Gasteiger partial charge >= 0.3 is 5.97 Å². The zero-order valence-corrected chi connectivity index (χ0v) is 7.74. The van der Waals surface area contributed by atoms with Crippen molar-refractivity contribution in [3.05, 3.63) is 20.2 Å². The number of aliphatic carboxylic acids is 1. The molecule has 0 saturated heterocycles. The van der Waals surface area contributed by atoms with Crippen molar-refractivity contribution < 1.29 is 19.7 Å². The molecule has 0 spiro atoms. The van der Waals surface area contributed by atoms with Crippen molar-refractivity contribution in [2.75, 3.05) is 0 Å². The first-order valence-corrected chi connectivity index (χ1v) is 4.43. The zero-order valence-electron chi connectivity index (χ0n) is 7.74. The van der Waals surface area contributed by atoms with E-state index in [1.54, 1.807) is 0 Å². The number of carbonyl (C=O) groups is 1. The Morgan fingerprint density at radius 1 is 1.20 bits per heavy atom. The van der Waals surface area contributed by atoms with E-state index in [0.29, 0.717) is 0 Å². The summed E-state index contributed by atoms with van der Waals surface area (Å²) in [6.07, 6.45) is -0.210. The summed E-state index contributed by atoms with van der Waals surface area (Å²) in [5.74, 6) is -2.35. The Morgan fingerprint density at radius 2 is 1.80 bits per heavy atom. The van der Waals surface area contributed by atoms with Gasteiger partial charge in [0.1, 0.15) is 5.92 Å². The van der Waals surface area contributed by atoms with Crippen molar-refractivity contribution in [3.63, 3.8) is 0 Å². The molecule has 8 nitrogen and oxygen atoms in total. The van der Waals surface area contributed by atoms with E-state index in [9.17, 15) is 25.0 Å². The van der Waals surface area contributed by atoms with Crippen LogP contribution in [0.4, 0.5) is 0 Å². The van der Waals surface area contributed by atoms with E-state index in [1.807, 2.05) is 0 Å². The van der Waals surface area contributed by atoms with Gasteiger partial charge in [-0.3, -0.25) is 25.0 Å². The molecular formula is C7H10N2O6. The fourth-order valence-electron chi connectivity index (χ4n) is 1.84. The first kappa shape index (κ1) is 11.3. The Morgan fingerprint density at radius 3 is 2.20 bits per heavy atom. The molecule has 1 aliphatic rings. The third-order valence-corrected chi connectivity index (χ3v) is 2.68. The molecule has 0 bridgehead atoms. The van der Waals surface area contributed by atoms with E-state index in [2.05, 4.69) is 0 Å². The van der Waals surface area contributed by atoms with E-state index in [0.717, 1.165) is 0 Å². The zero-order chi connectivity index (χ0) is 11.6. The van der Waals surface area contributed by atoms with Crippen LogP contribution in [0.3, 0.4) is 0 Å². The van der Waals surface area contributed by atoms with Gasteiger partial charge in [-0.2, -0.15) is 0 Å². The maximum atomic E-state index is 10.7.